The van der Waals surface area contributed by atoms with Gasteiger partial charge in [0.1, 0.15) is 11.6 Å². The number of nitrogens with zero attached hydrogens (tertiary/aromatic N) is 5. The summed E-state index contributed by atoms with van der Waals surface area (Å²) in [5.41, 5.74) is 1.58. The Kier molecular flexibility index (Phi) is 5.99. The number of morpholine rings is 1. The van der Waals surface area contributed by atoms with Crippen LogP contribution in [0.2, 0.25) is 0 Å². The number of carbonyl (C=O) groups is 1. The normalized spacial score (nSPS) is 23.4. The smallest absolute Gasteiger partial charge is 0.246 e. The fourth-order valence-electron chi connectivity index (χ4n) is 4.12. The molecule has 0 spiro atoms. The van der Waals surface area contributed by atoms with Gasteiger partial charge < -0.3 is 25.0 Å². The number of hydrogen-bond acceptors (Lipinski definition) is 10. The second-order valence-electron chi connectivity index (χ2n) is 8.08. The Hall–Kier alpha value is -3.41. The molecule has 5 rings (SSSR count). The topological polar surface area (TPSA) is 121 Å². The van der Waals surface area contributed by atoms with Crippen LogP contribution in [0, 0.1) is 0 Å². The van der Waals surface area contributed by atoms with Crippen molar-refractivity contribution in [2.75, 3.05) is 49.3 Å². The maximum atomic E-state index is 12.0. The van der Waals surface area contributed by atoms with Crippen molar-refractivity contribution in [1.82, 2.24) is 25.5 Å². The fourth-order valence-corrected chi connectivity index (χ4v) is 4.12. The number of benzene rings is 1. The molecule has 174 valence electrons. The molecule has 4 N–H and O–H groups in total. The molecule has 3 aliphatic heterocycles. The third-order valence-corrected chi connectivity index (χ3v) is 6.03. The lowest BCUT2D eigenvalue weighted by Crippen LogP contribution is -2.59. The lowest BCUT2D eigenvalue weighted by molar-refractivity contribution is -0.134. The van der Waals surface area contributed by atoms with Gasteiger partial charge in [0.25, 0.3) is 0 Å². The summed E-state index contributed by atoms with van der Waals surface area (Å²) < 4.78 is 11.6. The zero-order valence-electron chi connectivity index (χ0n) is 18.5. The van der Waals surface area contributed by atoms with Crippen molar-refractivity contribution in [3.05, 3.63) is 48.3 Å². The molecule has 2 saturated heterocycles. The summed E-state index contributed by atoms with van der Waals surface area (Å²) >= 11 is 0. The second kappa shape index (κ2) is 9.22. The number of rotatable bonds is 5. The number of piperazine rings is 1. The number of nitrogens with two attached hydrogens (primary N) is 1. The van der Waals surface area contributed by atoms with E-state index >= 15 is 0 Å². The number of amides is 1. The predicted octanol–water partition coefficient (Wildman–Crippen LogP) is 0.347. The molecule has 1 aromatic carbocycles. The number of anilines is 3. The first-order valence-electron chi connectivity index (χ1n) is 11.1. The Bertz CT molecular complexity index is 1040. The Morgan fingerprint density at radius 3 is 2.91 bits per heavy atom. The van der Waals surface area contributed by atoms with Crippen LogP contribution in [0.3, 0.4) is 0 Å². The van der Waals surface area contributed by atoms with Crippen LogP contribution in [0.4, 0.5) is 17.5 Å². The van der Waals surface area contributed by atoms with E-state index in [9.17, 15) is 4.79 Å². The van der Waals surface area contributed by atoms with Crippen LogP contribution in [0.25, 0.3) is 5.76 Å². The van der Waals surface area contributed by atoms with Gasteiger partial charge in [0.05, 0.1) is 24.9 Å². The van der Waals surface area contributed by atoms with E-state index in [2.05, 4.69) is 25.5 Å². The first-order chi connectivity index (χ1) is 16.1. The highest BCUT2D eigenvalue weighted by Crippen LogP contribution is 2.28. The number of carbonyl (C=O) groups excluding carboxylic acids is 1. The molecule has 2 aromatic rings. The number of hydrogen-bond donors (Lipinski definition) is 3. The summed E-state index contributed by atoms with van der Waals surface area (Å²) in [4.78, 5) is 25.1. The number of aromatic nitrogens is 2. The van der Waals surface area contributed by atoms with Gasteiger partial charge in [-0.25, -0.2) is 20.7 Å². The van der Waals surface area contributed by atoms with Gasteiger partial charge in [0.15, 0.2) is 0 Å². The molecule has 11 nitrogen and oxygen atoms in total. The molecule has 1 amide bonds. The molecule has 0 saturated carbocycles. The van der Waals surface area contributed by atoms with E-state index in [-0.39, 0.29) is 11.9 Å². The Labute approximate surface area is 192 Å². The van der Waals surface area contributed by atoms with Crippen LogP contribution in [-0.4, -0.2) is 72.6 Å². The van der Waals surface area contributed by atoms with Gasteiger partial charge in [0.2, 0.25) is 18.2 Å². The van der Waals surface area contributed by atoms with E-state index in [1.807, 2.05) is 48.4 Å². The summed E-state index contributed by atoms with van der Waals surface area (Å²) in [6.07, 6.45) is 3.13. The van der Waals surface area contributed by atoms with E-state index < -0.39 is 6.35 Å². The van der Waals surface area contributed by atoms with Gasteiger partial charge in [-0.2, -0.15) is 4.98 Å². The summed E-state index contributed by atoms with van der Waals surface area (Å²) in [6.45, 7) is 6.11. The van der Waals surface area contributed by atoms with Gasteiger partial charge in [-0.05, 0) is 25.1 Å². The van der Waals surface area contributed by atoms with E-state index in [4.69, 9.17) is 15.3 Å². The third-order valence-electron chi connectivity index (χ3n) is 6.03. The van der Waals surface area contributed by atoms with Crippen molar-refractivity contribution in [3.8, 4) is 0 Å². The molecule has 2 fully saturated rings. The maximum absolute atomic E-state index is 12.0. The van der Waals surface area contributed by atoms with Crippen molar-refractivity contribution in [1.29, 1.82) is 0 Å². The van der Waals surface area contributed by atoms with Crippen LogP contribution in [-0.2, 0) is 14.3 Å². The van der Waals surface area contributed by atoms with Gasteiger partial charge in [-0.3, -0.25) is 4.79 Å². The average molecular weight is 453 g/mol. The maximum Gasteiger partial charge on any atom is 0.246 e. The Morgan fingerprint density at radius 1 is 1.21 bits per heavy atom. The van der Waals surface area contributed by atoms with Crippen molar-refractivity contribution in [2.45, 2.75) is 19.3 Å². The van der Waals surface area contributed by atoms with Crippen LogP contribution < -0.4 is 26.4 Å². The van der Waals surface area contributed by atoms with Gasteiger partial charge in [-0.1, -0.05) is 12.1 Å². The SMILES string of the molecule is CC1C(=O)NCCN1C1NC=C(c2cccc(N(N)c3nccc(N4CCOCC4)n3)c2)O1. The second-order valence-corrected chi connectivity index (χ2v) is 8.08. The molecule has 0 aliphatic carbocycles. The quantitative estimate of drug-likeness (QED) is 0.433. The first-order valence-corrected chi connectivity index (χ1v) is 11.1. The first kappa shape index (κ1) is 21.4. The van der Waals surface area contributed by atoms with Crippen LogP contribution in [0.5, 0.6) is 0 Å². The van der Waals surface area contributed by atoms with E-state index in [1.54, 1.807) is 6.20 Å². The van der Waals surface area contributed by atoms with Crippen LogP contribution >= 0.6 is 0 Å². The molecule has 33 heavy (non-hydrogen) atoms. The minimum absolute atomic E-state index is 0.000167. The third kappa shape index (κ3) is 4.42. The van der Waals surface area contributed by atoms with Gasteiger partial charge in [0, 0.05) is 44.1 Å². The summed E-state index contributed by atoms with van der Waals surface area (Å²) in [6, 6.07) is 9.28. The molecule has 2 atom stereocenters. The molecule has 2 unspecified atom stereocenters. The zero-order chi connectivity index (χ0) is 22.8. The zero-order valence-corrected chi connectivity index (χ0v) is 18.5. The van der Waals surface area contributed by atoms with E-state index in [0.717, 1.165) is 30.2 Å². The summed E-state index contributed by atoms with van der Waals surface area (Å²) in [5.74, 6) is 8.30. The molecule has 1 aromatic heterocycles. The largest absolute Gasteiger partial charge is 0.455 e. The molecular weight excluding hydrogens is 424 g/mol. The highest BCUT2D eigenvalue weighted by Gasteiger charge is 2.34. The standard InChI is InChI=1S/C22H28N8O3/c1-15-20(31)24-7-8-29(15)22-26-14-18(33-22)16-3-2-4-17(13-16)30(23)21-25-6-5-19(27-21)28-9-11-32-12-10-28/h2-6,13-15,22,26H,7-12,23H2,1H3,(H,24,31). The molecule has 0 bridgehead atoms. The summed E-state index contributed by atoms with van der Waals surface area (Å²) in [5, 5.41) is 7.56. The highest BCUT2D eigenvalue weighted by molar-refractivity contribution is 5.82. The van der Waals surface area contributed by atoms with Crippen LogP contribution in [0.15, 0.2) is 42.7 Å². The highest BCUT2D eigenvalue weighted by atomic mass is 16.5. The Morgan fingerprint density at radius 2 is 2.06 bits per heavy atom. The number of nitrogens with one attached hydrogen (secondary N) is 2. The van der Waals surface area contributed by atoms with Crippen molar-refractivity contribution in [2.24, 2.45) is 5.84 Å². The Balaban J connectivity index is 1.30. The van der Waals surface area contributed by atoms with Crippen molar-refractivity contribution in [3.63, 3.8) is 0 Å². The van der Waals surface area contributed by atoms with Crippen molar-refractivity contribution >= 4 is 29.1 Å². The lowest BCUT2D eigenvalue weighted by atomic mass is 10.1. The lowest BCUT2D eigenvalue weighted by Gasteiger charge is -2.36. The van der Waals surface area contributed by atoms with Gasteiger partial charge >= 0.3 is 0 Å². The fraction of sp³-hybridized carbons (Fsp3) is 0.409. The van der Waals surface area contributed by atoms with E-state index in [1.165, 1.54) is 5.01 Å². The number of hydrazine groups is 1. The molecular formula is C22H28N8O3. The molecule has 4 heterocycles. The average Bonchev–Trinajstić information content (AvgIpc) is 3.36. The minimum atomic E-state index is -0.396. The summed E-state index contributed by atoms with van der Waals surface area (Å²) in [7, 11) is 0. The predicted molar refractivity (Wildman–Crippen MR) is 123 cm³/mol. The van der Waals surface area contributed by atoms with Gasteiger partial charge in [-0.15, -0.1) is 0 Å². The monoisotopic (exact) mass is 452 g/mol. The van der Waals surface area contributed by atoms with E-state index in [0.29, 0.717) is 38.0 Å². The van der Waals surface area contributed by atoms with Crippen molar-refractivity contribution < 1.29 is 14.3 Å². The molecule has 11 heteroatoms. The van der Waals surface area contributed by atoms with Crippen LogP contribution in [0.1, 0.15) is 12.5 Å². The molecule has 3 aliphatic rings. The number of ether oxygens (including phenoxy) is 2. The minimum Gasteiger partial charge on any atom is -0.455 e. The molecule has 0 radical (unpaired) electrons.